The van der Waals surface area contributed by atoms with E-state index < -0.39 is 5.91 Å². The van der Waals surface area contributed by atoms with E-state index in [9.17, 15) is 9.90 Å². The third-order valence-electron chi connectivity index (χ3n) is 3.31. The highest BCUT2D eigenvalue weighted by Gasteiger charge is 2.14. The van der Waals surface area contributed by atoms with Crippen LogP contribution in [0.15, 0.2) is 36.5 Å². The summed E-state index contributed by atoms with van der Waals surface area (Å²) in [6.07, 6.45) is 3.65. The summed E-state index contributed by atoms with van der Waals surface area (Å²) < 4.78 is 0. The minimum atomic E-state index is -0.418. The highest BCUT2D eigenvalue weighted by Crippen LogP contribution is 2.26. The van der Waals surface area contributed by atoms with E-state index >= 15 is 0 Å². The zero-order valence-electron chi connectivity index (χ0n) is 10.9. The van der Waals surface area contributed by atoms with Crippen LogP contribution >= 0.6 is 0 Å². The molecule has 0 saturated heterocycles. The minimum absolute atomic E-state index is 0.0261. The van der Waals surface area contributed by atoms with Gasteiger partial charge in [-0.15, -0.1) is 0 Å². The molecule has 1 aliphatic rings. The van der Waals surface area contributed by atoms with Crippen LogP contribution in [0.25, 0.3) is 0 Å². The number of carbonyl (C=O) groups excluding carboxylic acids is 1. The zero-order valence-corrected chi connectivity index (χ0v) is 10.9. The maximum Gasteiger partial charge on any atom is 0.278 e. The van der Waals surface area contributed by atoms with Crippen molar-refractivity contribution in [2.45, 2.75) is 12.8 Å². The fourth-order valence-electron chi connectivity index (χ4n) is 2.30. The minimum Gasteiger partial charge on any atom is -0.505 e. The summed E-state index contributed by atoms with van der Waals surface area (Å²) in [7, 11) is 0. The molecule has 1 aromatic carbocycles. The molecule has 0 bridgehead atoms. The highest BCUT2D eigenvalue weighted by atomic mass is 16.3. The lowest BCUT2D eigenvalue weighted by Crippen LogP contribution is -2.15. The maximum absolute atomic E-state index is 12.0. The van der Waals surface area contributed by atoms with Gasteiger partial charge in [0.1, 0.15) is 5.75 Å². The number of amides is 1. The Morgan fingerprint density at radius 2 is 2.25 bits per heavy atom. The van der Waals surface area contributed by atoms with E-state index in [4.69, 9.17) is 0 Å². The van der Waals surface area contributed by atoms with Gasteiger partial charge >= 0.3 is 0 Å². The SMILES string of the molecule is O=C(Nc1ccc2c(c1)NCCC2)c1ncccc1O. The van der Waals surface area contributed by atoms with Crippen molar-refractivity contribution in [1.29, 1.82) is 0 Å². The van der Waals surface area contributed by atoms with Gasteiger partial charge in [0, 0.05) is 24.1 Å². The van der Waals surface area contributed by atoms with Crippen molar-refractivity contribution < 1.29 is 9.90 Å². The largest absolute Gasteiger partial charge is 0.505 e. The lowest BCUT2D eigenvalue weighted by Gasteiger charge is -2.18. The van der Waals surface area contributed by atoms with E-state index in [1.165, 1.54) is 17.8 Å². The van der Waals surface area contributed by atoms with Gasteiger partial charge in [0.25, 0.3) is 5.91 Å². The van der Waals surface area contributed by atoms with Gasteiger partial charge in [-0.3, -0.25) is 4.79 Å². The predicted octanol–water partition coefficient (Wildman–Crippen LogP) is 2.40. The molecule has 3 rings (SSSR count). The molecule has 2 aromatic rings. The van der Waals surface area contributed by atoms with E-state index in [0.29, 0.717) is 5.69 Å². The van der Waals surface area contributed by atoms with Gasteiger partial charge in [-0.2, -0.15) is 0 Å². The van der Waals surface area contributed by atoms with Crippen molar-refractivity contribution in [3.05, 3.63) is 47.8 Å². The van der Waals surface area contributed by atoms with Crippen LogP contribution in [0, 0.1) is 0 Å². The third-order valence-corrected chi connectivity index (χ3v) is 3.31. The molecule has 1 amide bonds. The molecule has 2 heterocycles. The summed E-state index contributed by atoms with van der Waals surface area (Å²) in [6, 6.07) is 8.80. The standard InChI is InChI=1S/C15H15N3O2/c19-13-4-2-8-17-14(13)15(20)18-11-6-5-10-3-1-7-16-12(10)9-11/h2,4-6,8-9,16,19H,1,3,7H2,(H,18,20). The highest BCUT2D eigenvalue weighted by molar-refractivity contribution is 6.04. The number of fused-ring (bicyclic) bond motifs is 1. The lowest BCUT2D eigenvalue weighted by molar-refractivity contribution is 0.101. The molecule has 0 unspecified atom stereocenters. The van der Waals surface area contributed by atoms with Crippen LogP contribution in [0.5, 0.6) is 5.75 Å². The van der Waals surface area contributed by atoms with E-state index in [1.54, 1.807) is 6.07 Å². The summed E-state index contributed by atoms with van der Waals surface area (Å²) in [5, 5.41) is 15.7. The Morgan fingerprint density at radius 3 is 3.10 bits per heavy atom. The monoisotopic (exact) mass is 269 g/mol. The predicted molar refractivity (Wildman–Crippen MR) is 77.1 cm³/mol. The molecular weight excluding hydrogens is 254 g/mol. The van der Waals surface area contributed by atoms with Crippen LogP contribution in [-0.2, 0) is 6.42 Å². The second-order valence-electron chi connectivity index (χ2n) is 4.73. The van der Waals surface area contributed by atoms with Gasteiger partial charge in [0.2, 0.25) is 0 Å². The van der Waals surface area contributed by atoms with Gasteiger partial charge in [-0.25, -0.2) is 4.98 Å². The average Bonchev–Trinajstić information content (AvgIpc) is 2.47. The van der Waals surface area contributed by atoms with Gasteiger partial charge in [0.05, 0.1) is 0 Å². The number of nitrogens with one attached hydrogen (secondary N) is 2. The molecule has 20 heavy (non-hydrogen) atoms. The Hall–Kier alpha value is -2.56. The van der Waals surface area contributed by atoms with Crippen molar-refractivity contribution >= 4 is 17.3 Å². The number of aryl methyl sites for hydroxylation is 1. The molecule has 0 saturated carbocycles. The van der Waals surface area contributed by atoms with Crippen molar-refractivity contribution in [2.24, 2.45) is 0 Å². The summed E-state index contributed by atoms with van der Waals surface area (Å²) in [5.74, 6) is -0.542. The van der Waals surface area contributed by atoms with Crippen molar-refractivity contribution in [1.82, 2.24) is 4.98 Å². The van der Waals surface area contributed by atoms with Gasteiger partial charge in [-0.05, 0) is 42.7 Å². The smallest absolute Gasteiger partial charge is 0.278 e. The molecule has 0 atom stereocenters. The molecular formula is C15H15N3O2. The summed E-state index contributed by atoms with van der Waals surface area (Å²) in [6.45, 7) is 0.950. The summed E-state index contributed by atoms with van der Waals surface area (Å²) >= 11 is 0. The Balaban J connectivity index is 1.81. The number of nitrogens with zero attached hydrogens (tertiary/aromatic N) is 1. The molecule has 5 heteroatoms. The van der Waals surface area contributed by atoms with Crippen LogP contribution in [0.2, 0.25) is 0 Å². The first-order chi connectivity index (χ1) is 9.74. The molecule has 5 nitrogen and oxygen atoms in total. The van der Waals surface area contributed by atoms with Gasteiger partial charge in [0.15, 0.2) is 5.69 Å². The Kier molecular flexibility index (Phi) is 3.25. The number of benzene rings is 1. The van der Waals surface area contributed by atoms with Crippen LogP contribution < -0.4 is 10.6 Å². The number of pyridine rings is 1. The Morgan fingerprint density at radius 1 is 1.35 bits per heavy atom. The average molecular weight is 269 g/mol. The van der Waals surface area contributed by atoms with E-state index in [0.717, 1.165) is 25.1 Å². The van der Waals surface area contributed by atoms with Crippen molar-refractivity contribution in [3.63, 3.8) is 0 Å². The molecule has 0 spiro atoms. The second kappa shape index (κ2) is 5.21. The van der Waals surface area contributed by atoms with E-state index in [-0.39, 0.29) is 11.4 Å². The second-order valence-corrected chi connectivity index (χ2v) is 4.73. The molecule has 0 radical (unpaired) electrons. The normalized spacial score (nSPS) is 13.2. The molecule has 0 aliphatic carbocycles. The number of aromatic nitrogens is 1. The zero-order chi connectivity index (χ0) is 13.9. The van der Waals surface area contributed by atoms with Crippen molar-refractivity contribution in [3.8, 4) is 5.75 Å². The lowest BCUT2D eigenvalue weighted by atomic mass is 10.0. The number of carbonyl (C=O) groups is 1. The van der Waals surface area contributed by atoms with E-state index in [2.05, 4.69) is 15.6 Å². The summed E-state index contributed by atoms with van der Waals surface area (Å²) in [4.78, 5) is 15.9. The summed E-state index contributed by atoms with van der Waals surface area (Å²) in [5.41, 5.74) is 3.03. The van der Waals surface area contributed by atoms with Crippen LogP contribution in [0.3, 0.4) is 0 Å². The topological polar surface area (TPSA) is 74.2 Å². The van der Waals surface area contributed by atoms with Crippen LogP contribution in [0.4, 0.5) is 11.4 Å². The van der Waals surface area contributed by atoms with Crippen molar-refractivity contribution in [2.75, 3.05) is 17.2 Å². The molecule has 0 fully saturated rings. The first-order valence-electron chi connectivity index (χ1n) is 6.56. The molecule has 1 aromatic heterocycles. The first-order valence-corrected chi connectivity index (χ1v) is 6.56. The number of anilines is 2. The first kappa shape index (κ1) is 12.5. The fraction of sp³-hybridized carbons (Fsp3) is 0.200. The van der Waals surface area contributed by atoms with E-state index in [1.807, 2.05) is 18.2 Å². The third kappa shape index (κ3) is 2.42. The number of aromatic hydroxyl groups is 1. The number of hydrogen-bond acceptors (Lipinski definition) is 4. The van der Waals surface area contributed by atoms with Gasteiger partial charge in [-0.1, -0.05) is 6.07 Å². The van der Waals surface area contributed by atoms with Crippen LogP contribution in [0.1, 0.15) is 22.5 Å². The fourth-order valence-corrected chi connectivity index (χ4v) is 2.30. The molecule has 1 aliphatic heterocycles. The Bertz CT molecular complexity index is 655. The van der Waals surface area contributed by atoms with Crippen LogP contribution in [-0.4, -0.2) is 22.5 Å². The maximum atomic E-state index is 12.0. The quantitative estimate of drug-likeness (QED) is 0.782. The Labute approximate surface area is 116 Å². The molecule has 102 valence electrons. The van der Waals surface area contributed by atoms with Gasteiger partial charge < -0.3 is 15.7 Å². The molecule has 3 N–H and O–H groups in total. The number of rotatable bonds is 2. The number of hydrogen-bond donors (Lipinski definition) is 3.